The Morgan fingerprint density at radius 3 is 2.50 bits per heavy atom. The molecule has 0 saturated heterocycles. The summed E-state index contributed by atoms with van der Waals surface area (Å²) in [7, 11) is 1.77. The fraction of sp³-hybridized carbons (Fsp3) is 0.250. The maximum Gasteiger partial charge on any atom is 0.318 e. The van der Waals surface area contributed by atoms with E-state index < -0.39 is 0 Å². The quantitative estimate of drug-likeness (QED) is 0.850. The third-order valence-corrected chi connectivity index (χ3v) is 3.78. The van der Waals surface area contributed by atoms with Crippen LogP contribution in [0, 0.1) is 11.8 Å². The number of phenols is 1. The zero-order valence-corrected chi connectivity index (χ0v) is 14.0. The molecule has 2 amide bonds. The van der Waals surface area contributed by atoms with Gasteiger partial charge in [0.15, 0.2) is 0 Å². The normalized spacial score (nSPS) is 11.1. The molecule has 0 fully saturated rings. The van der Waals surface area contributed by atoms with Crippen molar-refractivity contribution in [3.8, 4) is 17.6 Å². The van der Waals surface area contributed by atoms with Crippen LogP contribution in [0.2, 0.25) is 0 Å². The summed E-state index contributed by atoms with van der Waals surface area (Å²) in [4.78, 5) is 13.8. The van der Waals surface area contributed by atoms with Crippen LogP contribution in [0.3, 0.4) is 0 Å². The van der Waals surface area contributed by atoms with Crippen molar-refractivity contribution in [2.45, 2.75) is 19.4 Å². The first-order valence-electron chi connectivity index (χ1n) is 7.89. The van der Waals surface area contributed by atoms with E-state index in [1.54, 1.807) is 24.1 Å². The van der Waals surface area contributed by atoms with E-state index >= 15 is 0 Å². The van der Waals surface area contributed by atoms with Crippen LogP contribution in [-0.4, -0.2) is 35.7 Å². The van der Waals surface area contributed by atoms with Gasteiger partial charge in [0.05, 0.1) is 6.54 Å². The molecule has 0 bridgehead atoms. The minimum Gasteiger partial charge on any atom is -0.508 e. The second-order valence-electron chi connectivity index (χ2n) is 5.66. The molecule has 0 heterocycles. The summed E-state index contributed by atoms with van der Waals surface area (Å²) in [6.07, 6.45) is 0.722. The summed E-state index contributed by atoms with van der Waals surface area (Å²) in [5.41, 5.74) is 2.00. The van der Waals surface area contributed by atoms with Gasteiger partial charge in [-0.15, -0.1) is 0 Å². The lowest BCUT2D eigenvalue weighted by molar-refractivity contribution is 0.195. The van der Waals surface area contributed by atoms with Crippen LogP contribution in [0.15, 0.2) is 54.6 Å². The van der Waals surface area contributed by atoms with E-state index in [4.69, 9.17) is 0 Å². The number of hydrogen-bond donors (Lipinski definition) is 2. The van der Waals surface area contributed by atoms with Gasteiger partial charge in [-0.1, -0.05) is 42.2 Å². The molecule has 0 saturated carbocycles. The van der Waals surface area contributed by atoms with Gasteiger partial charge in [0.1, 0.15) is 5.75 Å². The first kappa shape index (κ1) is 17.4. The number of phenolic OH excluding ortho intramolecular Hbond substituents is 1. The number of urea groups is 1. The molecule has 0 aliphatic rings. The van der Waals surface area contributed by atoms with Gasteiger partial charge in [0.25, 0.3) is 0 Å². The Hall–Kier alpha value is -2.93. The summed E-state index contributed by atoms with van der Waals surface area (Å²) < 4.78 is 0. The standard InChI is InChI=1S/C20H22N2O2/c1-16(15-18-10-12-19(23)13-11-18)22(2)20(24)21-14-6-9-17-7-4-3-5-8-17/h3-5,7-8,10-13,16,23H,14-15H2,1-2H3,(H,21,24)/t16-/m0/s1. The fourth-order valence-electron chi connectivity index (χ4n) is 2.22. The van der Waals surface area contributed by atoms with Gasteiger partial charge in [0.2, 0.25) is 0 Å². The molecule has 124 valence electrons. The highest BCUT2D eigenvalue weighted by molar-refractivity contribution is 5.74. The number of amides is 2. The number of rotatable bonds is 4. The van der Waals surface area contributed by atoms with E-state index in [0.29, 0.717) is 6.54 Å². The smallest absolute Gasteiger partial charge is 0.318 e. The van der Waals surface area contributed by atoms with Crippen molar-refractivity contribution in [3.05, 3.63) is 65.7 Å². The van der Waals surface area contributed by atoms with Crippen LogP contribution in [0.5, 0.6) is 5.75 Å². The molecule has 24 heavy (non-hydrogen) atoms. The molecule has 2 rings (SSSR count). The number of nitrogens with one attached hydrogen (secondary N) is 1. The third kappa shape index (κ3) is 5.36. The number of carbonyl (C=O) groups is 1. The van der Waals surface area contributed by atoms with Gasteiger partial charge >= 0.3 is 6.03 Å². The SMILES string of the molecule is C[C@@H](Cc1ccc(O)cc1)N(C)C(=O)NCC#Cc1ccccc1. The van der Waals surface area contributed by atoms with E-state index in [9.17, 15) is 9.90 Å². The molecular weight excluding hydrogens is 300 g/mol. The van der Waals surface area contributed by atoms with Gasteiger partial charge in [-0.3, -0.25) is 0 Å². The summed E-state index contributed by atoms with van der Waals surface area (Å²) in [5.74, 6) is 6.20. The van der Waals surface area contributed by atoms with Crippen LogP contribution < -0.4 is 5.32 Å². The molecule has 4 nitrogen and oxygen atoms in total. The lowest BCUT2D eigenvalue weighted by atomic mass is 10.1. The van der Waals surface area contributed by atoms with Crippen LogP contribution in [-0.2, 0) is 6.42 Å². The molecule has 0 spiro atoms. The first-order chi connectivity index (χ1) is 11.6. The number of aromatic hydroxyl groups is 1. The maximum atomic E-state index is 12.1. The number of nitrogens with zero attached hydrogens (tertiary/aromatic N) is 1. The van der Waals surface area contributed by atoms with Crippen molar-refractivity contribution in [3.63, 3.8) is 0 Å². The second kappa shape index (κ2) is 8.64. The van der Waals surface area contributed by atoms with Gasteiger partial charge in [0, 0.05) is 18.7 Å². The van der Waals surface area contributed by atoms with Gasteiger partial charge in [-0.2, -0.15) is 0 Å². The average molecular weight is 322 g/mol. The molecule has 0 aromatic heterocycles. The summed E-state index contributed by atoms with van der Waals surface area (Å²) in [6, 6.07) is 16.6. The van der Waals surface area contributed by atoms with Gasteiger partial charge in [-0.25, -0.2) is 4.79 Å². The van der Waals surface area contributed by atoms with Crippen molar-refractivity contribution in [2.75, 3.05) is 13.6 Å². The van der Waals surface area contributed by atoms with Crippen molar-refractivity contribution < 1.29 is 9.90 Å². The van der Waals surface area contributed by atoms with Crippen molar-refractivity contribution >= 4 is 6.03 Å². The minimum absolute atomic E-state index is 0.0385. The third-order valence-electron chi connectivity index (χ3n) is 3.78. The molecular formula is C20H22N2O2. The van der Waals surface area contributed by atoms with E-state index in [2.05, 4.69) is 17.2 Å². The van der Waals surface area contributed by atoms with E-state index in [0.717, 1.165) is 17.5 Å². The average Bonchev–Trinajstić information content (AvgIpc) is 2.60. The monoisotopic (exact) mass is 322 g/mol. The maximum absolute atomic E-state index is 12.1. The molecule has 2 aromatic carbocycles. The van der Waals surface area contributed by atoms with Crippen molar-refractivity contribution in [2.24, 2.45) is 0 Å². The minimum atomic E-state index is -0.149. The zero-order chi connectivity index (χ0) is 17.4. The van der Waals surface area contributed by atoms with E-state index in [1.165, 1.54) is 0 Å². The number of carbonyl (C=O) groups excluding carboxylic acids is 1. The number of benzene rings is 2. The molecule has 4 heteroatoms. The Balaban J connectivity index is 1.81. The highest BCUT2D eigenvalue weighted by Crippen LogP contribution is 2.13. The van der Waals surface area contributed by atoms with Gasteiger partial charge in [-0.05, 0) is 43.2 Å². The fourth-order valence-corrected chi connectivity index (χ4v) is 2.22. The lowest BCUT2D eigenvalue weighted by Gasteiger charge is -2.25. The van der Waals surface area contributed by atoms with Crippen LogP contribution in [0.25, 0.3) is 0 Å². The van der Waals surface area contributed by atoms with E-state index in [-0.39, 0.29) is 17.8 Å². The predicted molar refractivity (Wildman–Crippen MR) is 95.8 cm³/mol. The van der Waals surface area contributed by atoms with Crippen LogP contribution in [0.1, 0.15) is 18.1 Å². The Labute approximate surface area is 143 Å². The molecule has 0 unspecified atom stereocenters. The molecule has 0 aliphatic heterocycles. The van der Waals surface area contributed by atoms with Gasteiger partial charge < -0.3 is 15.3 Å². The number of hydrogen-bond acceptors (Lipinski definition) is 2. The number of likely N-dealkylation sites (N-methyl/N-ethyl adjacent to an activating group) is 1. The zero-order valence-electron chi connectivity index (χ0n) is 14.0. The Kier molecular flexibility index (Phi) is 6.27. The Morgan fingerprint density at radius 2 is 1.83 bits per heavy atom. The molecule has 0 aliphatic carbocycles. The molecule has 2 N–H and O–H groups in total. The van der Waals surface area contributed by atoms with Crippen molar-refractivity contribution in [1.29, 1.82) is 0 Å². The largest absolute Gasteiger partial charge is 0.508 e. The van der Waals surface area contributed by atoms with Crippen molar-refractivity contribution in [1.82, 2.24) is 10.2 Å². The first-order valence-corrected chi connectivity index (χ1v) is 7.89. The highest BCUT2D eigenvalue weighted by Gasteiger charge is 2.15. The molecule has 1 atom stereocenters. The highest BCUT2D eigenvalue weighted by atomic mass is 16.3. The predicted octanol–water partition coefficient (Wildman–Crippen LogP) is 3.02. The van der Waals surface area contributed by atoms with E-state index in [1.807, 2.05) is 49.4 Å². The lowest BCUT2D eigenvalue weighted by Crippen LogP contribution is -2.43. The molecule has 2 aromatic rings. The summed E-state index contributed by atoms with van der Waals surface area (Å²) in [5, 5.41) is 12.1. The Bertz CT molecular complexity index is 715. The topological polar surface area (TPSA) is 52.6 Å². The van der Waals surface area contributed by atoms with Crippen LogP contribution in [0.4, 0.5) is 4.79 Å². The Morgan fingerprint density at radius 1 is 1.17 bits per heavy atom. The molecule has 0 radical (unpaired) electrons. The summed E-state index contributed by atoms with van der Waals surface area (Å²) in [6.45, 7) is 2.30. The summed E-state index contributed by atoms with van der Waals surface area (Å²) >= 11 is 0. The second-order valence-corrected chi connectivity index (χ2v) is 5.66. The van der Waals surface area contributed by atoms with Crippen LogP contribution >= 0.6 is 0 Å².